The quantitative estimate of drug-likeness (QED) is 0.451. The highest BCUT2D eigenvalue weighted by Gasteiger charge is 2.34. The molecule has 0 saturated heterocycles. The Labute approximate surface area is 180 Å². The second-order valence-electron chi connectivity index (χ2n) is 7.57. The second-order valence-corrected chi connectivity index (χ2v) is 7.57. The van der Waals surface area contributed by atoms with E-state index in [1.165, 1.54) is 5.56 Å². The molecule has 1 fully saturated rings. The van der Waals surface area contributed by atoms with Gasteiger partial charge >= 0.3 is 6.09 Å². The fourth-order valence-corrected chi connectivity index (χ4v) is 3.27. The highest BCUT2D eigenvalue weighted by atomic mass is 16.5. The number of nitrogen functional groups attached to an aromatic ring is 1. The minimum atomic E-state index is -0.567. The first-order chi connectivity index (χ1) is 15.0. The van der Waals surface area contributed by atoms with Crippen LogP contribution in [0.2, 0.25) is 0 Å². The van der Waals surface area contributed by atoms with Crippen molar-refractivity contribution in [3.05, 3.63) is 89.5 Å². The Morgan fingerprint density at radius 3 is 2.26 bits per heavy atom. The van der Waals surface area contributed by atoms with E-state index in [9.17, 15) is 9.59 Å². The molecule has 2 amide bonds. The topological polar surface area (TPSA) is 119 Å². The van der Waals surface area contributed by atoms with Gasteiger partial charge in [0.2, 0.25) is 0 Å². The van der Waals surface area contributed by atoms with Crippen LogP contribution in [-0.4, -0.2) is 18.0 Å². The minimum Gasteiger partial charge on any atom is -0.444 e. The Morgan fingerprint density at radius 2 is 1.61 bits per heavy atom. The first-order valence-electron chi connectivity index (χ1n) is 10.0. The first-order valence-corrected chi connectivity index (χ1v) is 10.0. The molecule has 0 radical (unpaired) electrons. The number of rotatable bonds is 6. The van der Waals surface area contributed by atoms with Crippen molar-refractivity contribution >= 4 is 29.1 Å². The Bertz CT molecular complexity index is 1080. The fraction of sp³-hybridized carbons (Fsp3) is 0.167. The van der Waals surface area contributed by atoms with E-state index in [1.807, 2.05) is 24.3 Å². The zero-order chi connectivity index (χ0) is 21.8. The zero-order valence-electron chi connectivity index (χ0n) is 16.9. The fourth-order valence-electron chi connectivity index (χ4n) is 3.27. The lowest BCUT2D eigenvalue weighted by atomic mass is 10.1. The molecule has 1 aliphatic rings. The molecule has 1 aliphatic carbocycles. The number of nitrogens with two attached hydrogens (primary N) is 2. The van der Waals surface area contributed by atoms with E-state index >= 15 is 0 Å². The maximum Gasteiger partial charge on any atom is 0.411 e. The monoisotopic (exact) mass is 416 g/mol. The number of anilines is 3. The predicted octanol–water partition coefficient (Wildman–Crippen LogP) is 4.08. The summed E-state index contributed by atoms with van der Waals surface area (Å²) < 4.78 is 5.27. The predicted molar refractivity (Wildman–Crippen MR) is 121 cm³/mol. The van der Waals surface area contributed by atoms with Gasteiger partial charge in [0.05, 0.1) is 11.4 Å². The largest absolute Gasteiger partial charge is 0.444 e. The number of hydrogen-bond acceptors (Lipinski definition) is 5. The molecule has 4 rings (SSSR count). The van der Waals surface area contributed by atoms with Crippen molar-refractivity contribution in [1.29, 1.82) is 0 Å². The lowest BCUT2D eigenvalue weighted by Gasteiger charge is -2.10. The van der Waals surface area contributed by atoms with Crippen LogP contribution in [0.25, 0.3) is 0 Å². The van der Waals surface area contributed by atoms with Crippen LogP contribution in [0.4, 0.5) is 21.9 Å². The van der Waals surface area contributed by atoms with Gasteiger partial charge in [-0.1, -0.05) is 36.4 Å². The number of carbonyl (C=O) groups is 2. The maximum atomic E-state index is 12.4. The van der Waals surface area contributed by atoms with Crippen molar-refractivity contribution < 1.29 is 14.3 Å². The van der Waals surface area contributed by atoms with E-state index < -0.39 is 6.09 Å². The van der Waals surface area contributed by atoms with E-state index in [2.05, 4.69) is 10.6 Å². The Balaban J connectivity index is 1.27. The van der Waals surface area contributed by atoms with Gasteiger partial charge in [-0.2, -0.15) is 0 Å². The number of nitrogens with one attached hydrogen (secondary N) is 2. The van der Waals surface area contributed by atoms with Crippen LogP contribution >= 0.6 is 0 Å². The average Bonchev–Trinajstić information content (AvgIpc) is 3.51. The van der Waals surface area contributed by atoms with Gasteiger partial charge in [-0.15, -0.1) is 0 Å². The zero-order valence-corrected chi connectivity index (χ0v) is 16.9. The van der Waals surface area contributed by atoms with Crippen LogP contribution in [0.5, 0.6) is 0 Å². The molecule has 3 aromatic carbocycles. The summed E-state index contributed by atoms with van der Waals surface area (Å²) in [6, 6.07) is 21.8. The molecule has 7 heteroatoms. The van der Waals surface area contributed by atoms with E-state index in [0.29, 0.717) is 28.5 Å². The molecule has 31 heavy (non-hydrogen) atoms. The third-order valence-corrected chi connectivity index (χ3v) is 5.22. The molecule has 1 saturated carbocycles. The minimum absolute atomic E-state index is 0.168. The van der Waals surface area contributed by atoms with Crippen LogP contribution in [0.15, 0.2) is 72.8 Å². The Morgan fingerprint density at radius 1 is 0.935 bits per heavy atom. The lowest BCUT2D eigenvalue weighted by molar-refractivity contribution is 0.102. The van der Waals surface area contributed by atoms with Crippen molar-refractivity contribution in [1.82, 2.24) is 0 Å². The smallest absolute Gasteiger partial charge is 0.411 e. The highest BCUT2D eigenvalue weighted by Crippen LogP contribution is 2.38. The number of amides is 2. The van der Waals surface area contributed by atoms with Crippen molar-refractivity contribution in [2.24, 2.45) is 5.73 Å². The molecule has 0 aliphatic heterocycles. The van der Waals surface area contributed by atoms with Crippen LogP contribution < -0.4 is 22.1 Å². The molecule has 158 valence electrons. The number of hydrogen-bond donors (Lipinski definition) is 4. The molecule has 0 aromatic heterocycles. The van der Waals surface area contributed by atoms with E-state index in [-0.39, 0.29) is 18.6 Å². The number of benzene rings is 3. The van der Waals surface area contributed by atoms with Gasteiger partial charge in [0, 0.05) is 23.2 Å². The molecule has 3 aromatic rings. The molecule has 2 atom stereocenters. The van der Waals surface area contributed by atoms with Crippen molar-refractivity contribution in [2.45, 2.75) is 25.0 Å². The normalized spacial score (nSPS) is 16.9. The molecular formula is C24H24N4O3. The molecule has 0 bridgehead atoms. The Kier molecular flexibility index (Phi) is 5.86. The van der Waals surface area contributed by atoms with Gasteiger partial charge in [0.1, 0.15) is 6.61 Å². The summed E-state index contributed by atoms with van der Waals surface area (Å²) in [6.07, 6.45) is 0.460. The SMILES string of the molecule is Nc1ccccc1NC(=O)c1ccc(NC(=O)OCc2ccc(C3C[C@@H]3N)cc2)cc1. The molecule has 0 spiro atoms. The van der Waals surface area contributed by atoms with Crippen LogP contribution in [-0.2, 0) is 11.3 Å². The van der Waals surface area contributed by atoms with Crippen molar-refractivity contribution in [3.8, 4) is 0 Å². The van der Waals surface area contributed by atoms with Crippen LogP contribution in [0, 0.1) is 0 Å². The highest BCUT2D eigenvalue weighted by molar-refractivity contribution is 6.06. The summed E-state index contributed by atoms with van der Waals surface area (Å²) in [5.74, 6) is 0.163. The number of ether oxygens (including phenoxy) is 1. The summed E-state index contributed by atoms with van der Waals surface area (Å²) in [5.41, 5.74) is 15.8. The number of carbonyl (C=O) groups excluding carboxylic acids is 2. The number of para-hydroxylation sites is 2. The Hall–Kier alpha value is -3.84. The van der Waals surface area contributed by atoms with Gasteiger partial charge in [0.25, 0.3) is 5.91 Å². The van der Waals surface area contributed by atoms with E-state index in [4.69, 9.17) is 16.2 Å². The third-order valence-electron chi connectivity index (χ3n) is 5.22. The van der Waals surface area contributed by atoms with Crippen LogP contribution in [0.3, 0.4) is 0 Å². The average molecular weight is 416 g/mol. The summed E-state index contributed by atoms with van der Waals surface area (Å²) in [7, 11) is 0. The van der Waals surface area contributed by atoms with Crippen molar-refractivity contribution in [3.63, 3.8) is 0 Å². The summed E-state index contributed by atoms with van der Waals surface area (Å²) in [6.45, 7) is 0.168. The standard InChI is InChI=1S/C24H24N4O3/c25-20-3-1-2-4-22(20)28-23(29)17-9-11-18(12-10-17)27-24(30)31-14-15-5-7-16(8-6-15)19-13-21(19)26/h1-12,19,21H,13-14,25-26H2,(H,27,30)(H,28,29)/t19?,21-/m0/s1. The van der Waals surface area contributed by atoms with Gasteiger partial charge in [0.15, 0.2) is 0 Å². The molecular weight excluding hydrogens is 392 g/mol. The second kappa shape index (κ2) is 8.89. The molecule has 1 unspecified atom stereocenters. The van der Waals surface area contributed by atoms with Gasteiger partial charge in [-0.05, 0) is 53.9 Å². The van der Waals surface area contributed by atoms with Crippen LogP contribution in [0.1, 0.15) is 33.8 Å². The third kappa shape index (κ3) is 5.21. The van der Waals surface area contributed by atoms with Gasteiger partial charge in [-0.3, -0.25) is 10.1 Å². The molecule has 6 N–H and O–H groups in total. The lowest BCUT2D eigenvalue weighted by Crippen LogP contribution is -2.15. The summed E-state index contributed by atoms with van der Waals surface area (Å²) in [5, 5.41) is 5.41. The maximum absolute atomic E-state index is 12.4. The van der Waals surface area contributed by atoms with E-state index in [0.717, 1.165) is 12.0 Å². The van der Waals surface area contributed by atoms with Gasteiger partial charge in [-0.25, -0.2) is 4.79 Å². The molecule has 0 heterocycles. The van der Waals surface area contributed by atoms with Gasteiger partial charge < -0.3 is 21.5 Å². The van der Waals surface area contributed by atoms with Crippen molar-refractivity contribution in [2.75, 3.05) is 16.4 Å². The summed E-state index contributed by atoms with van der Waals surface area (Å²) in [4.78, 5) is 24.4. The summed E-state index contributed by atoms with van der Waals surface area (Å²) >= 11 is 0. The first kappa shape index (κ1) is 20.4. The molecule has 7 nitrogen and oxygen atoms in total. The van der Waals surface area contributed by atoms with E-state index in [1.54, 1.807) is 48.5 Å².